The first-order chi connectivity index (χ1) is 19.6. The van der Waals surface area contributed by atoms with Crippen LogP contribution in [0.3, 0.4) is 0 Å². The van der Waals surface area contributed by atoms with Crippen LogP contribution < -0.4 is 9.62 Å². The zero-order chi connectivity index (χ0) is 29.1. The van der Waals surface area contributed by atoms with Crippen LogP contribution in [0.4, 0.5) is 24.0 Å². The summed E-state index contributed by atoms with van der Waals surface area (Å²) in [5, 5.41) is 0.592. The zero-order valence-corrected chi connectivity index (χ0v) is 23.4. The highest BCUT2D eigenvalue weighted by Gasteiger charge is 2.26. The minimum atomic E-state index is -4.67. The highest BCUT2D eigenvalue weighted by atomic mass is 32.2. The number of ether oxygens (including phenoxy) is 1. The summed E-state index contributed by atoms with van der Waals surface area (Å²) >= 11 is 1.28. The van der Waals surface area contributed by atoms with Crippen LogP contribution in [0.15, 0.2) is 53.6 Å². The molecule has 1 aliphatic heterocycles. The van der Waals surface area contributed by atoms with E-state index in [9.17, 15) is 22.0 Å². The molecule has 2 aromatic heterocycles. The number of nitrogens with zero attached hydrogens (tertiary/aromatic N) is 4. The number of ketones is 1. The fourth-order valence-electron chi connectivity index (χ4n) is 4.17. The van der Waals surface area contributed by atoms with Gasteiger partial charge in [0.1, 0.15) is 28.1 Å². The van der Waals surface area contributed by atoms with Gasteiger partial charge < -0.3 is 14.4 Å². The van der Waals surface area contributed by atoms with Gasteiger partial charge >= 0.3 is 0 Å². The van der Waals surface area contributed by atoms with E-state index in [1.54, 1.807) is 12.3 Å². The van der Waals surface area contributed by atoms with Crippen molar-refractivity contribution < 1.29 is 31.1 Å². The number of carbonyl (C=O) groups is 1. The molecule has 4 aromatic rings. The Balaban J connectivity index is 1.58. The Morgan fingerprint density at radius 1 is 1.10 bits per heavy atom. The molecule has 41 heavy (non-hydrogen) atoms. The van der Waals surface area contributed by atoms with Gasteiger partial charge in [-0.2, -0.15) is 0 Å². The summed E-state index contributed by atoms with van der Waals surface area (Å²) in [6.07, 6.45) is 2.14. The molecule has 0 bridgehead atoms. The molecule has 0 aliphatic carbocycles. The van der Waals surface area contributed by atoms with Crippen LogP contribution in [-0.2, 0) is 26.0 Å². The third-order valence-corrected chi connectivity index (χ3v) is 8.74. The minimum absolute atomic E-state index is 0.00783. The van der Waals surface area contributed by atoms with E-state index in [0.717, 1.165) is 6.07 Å². The minimum Gasteiger partial charge on any atom is -0.378 e. The number of carbonyl (C=O) groups excluding carboxylic acids is 1. The quantitative estimate of drug-likeness (QED) is 0.289. The fraction of sp³-hybridized carbons (Fsp3) is 0.259. The van der Waals surface area contributed by atoms with Crippen LogP contribution in [0, 0.1) is 17.5 Å². The maximum atomic E-state index is 16.0. The number of hydrogen-bond acceptors (Lipinski definition) is 9. The molecule has 1 aliphatic rings. The lowest BCUT2D eigenvalue weighted by molar-refractivity contribution is -0.117. The molecule has 2 aromatic carbocycles. The van der Waals surface area contributed by atoms with Gasteiger partial charge in [0.05, 0.1) is 35.2 Å². The third-order valence-electron chi connectivity index (χ3n) is 6.22. The normalized spacial score (nSPS) is 13.8. The van der Waals surface area contributed by atoms with Crippen LogP contribution in [0.2, 0.25) is 0 Å². The van der Waals surface area contributed by atoms with Crippen molar-refractivity contribution in [3.63, 3.8) is 0 Å². The number of halogens is 3. The number of Topliss-reactive ketones (excluding diaryl/α,β-unsaturated/α-hetero) is 1. The molecule has 0 saturated carbocycles. The summed E-state index contributed by atoms with van der Waals surface area (Å²) in [5.74, 6) is -2.68. The number of hydrogen-bond donors (Lipinski definition) is 1. The summed E-state index contributed by atoms with van der Waals surface area (Å²) in [7, 11) is -4.67. The largest absolute Gasteiger partial charge is 0.378 e. The standard InChI is InChI=1S/C27H24F3N5O4S2/c1-16(36)5-8-23-31-10-9-21(32-23)26-25(33-27(40-26)35-11-13-39-14-12-35)18-3-2-4-20(24(18)30)34-41(37,38)22-15-17(28)6-7-19(22)29/h2-4,6-7,9-10,15,34H,5,8,11-14H2,1H3. The van der Waals surface area contributed by atoms with E-state index in [1.165, 1.54) is 36.5 Å². The molecule has 5 rings (SSSR count). The summed E-state index contributed by atoms with van der Waals surface area (Å²) in [5.41, 5.74) is 0.170. The predicted molar refractivity (Wildman–Crippen MR) is 148 cm³/mol. The van der Waals surface area contributed by atoms with Crippen molar-refractivity contribution >= 4 is 38.0 Å². The van der Waals surface area contributed by atoms with Gasteiger partial charge in [-0.05, 0) is 43.3 Å². The zero-order valence-electron chi connectivity index (χ0n) is 21.7. The highest BCUT2D eigenvalue weighted by molar-refractivity contribution is 7.92. The first-order valence-electron chi connectivity index (χ1n) is 12.5. The molecule has 214 valence electrons. The van der Waals surface area contributed by atoms with E-state index in [-0.39, 0.29) is 23.5 Å². The maximum absolute atomic E-state index is 16.0. The summed E-state index contributed by atoms with van der Waals surface area (Å²) in [6, 6.07) is 7.66. The lowest BCUT2D eigenvalue weighted by atomic mass is 10.1. The summed E-state index contributed by atoms with van der Waals surface area (Å²) in [6.45, 7) is 3.61. The summed E-state index contributed by atoms with van der Waals surface area (Å²) in [4.78, 5) is 26.6. The lowest BCUT2D eigenvalue weighted by Gasteiger charge is -2.26. The second-order valence-corrected chi connectivity index (χ2v) is 11.8. The first kappa shape index (κ1) is 28.6. The van der Waals surface area contributed by atoms with Gasteiger partial charge in [-0.15, -0.1) is 0 Å². The van der Waals surface area contributed by atoms with Crippen molar-refractivity contribution in [2.45, 2.75) is 24.7 Å². The van der Waals surface area contributed by atoms with E-state index in [2.05, 4.69) is 9.97 Å². The number of rotatable bonds is 9. The Hall–Kier alpha value is -3.88. The van der Waals surface area contributed by atoms with Gasteiger partial charge in [0, 0.05) is 37.7 Å². The average molecular weight is 604 g/mol. The topological polar surface area (TPSA) is 114 Å². The van der Waals surface area contributed by atoms with Crippen LogP contribution in [0.25, 0.3) is 21.8 Å². The molecule has 1 saturated heterocycles. The van der Waals surface area contributed by atoms with Gasteiger partial charge in [0.2, 0.25) is 0 Å². The van der Waals surface area contributed by atoms with Gasteiger partial charge in [-0.3, -0.25) is 4.72 Å². The van der Waals surface area contributed by atoms with Gasteiger partial charge in [0.15, 0.2) is 10.9 Å². The van der Waals surface area contributed by atoms with Crippen molar-refractivity contribution in [2.75, 3.05) is 35.9 Å². The maximum Gasteiger partial charge on any atom is 0.265 e. The van der Waals surface area contributed by atoms with Crippen LogP contribution in [-0.4, -0.2) is 55.5 Å². The molecule has 0 unspecified atom stereocenters. The average Bonchev–Trinajstić information content (AvgIpc) is 3.40. The van der Waals surface area contributed by atoms with Crippen LogP contribution in [0.5, 0.6) is 0 Å². The van der Waals surface area contributed by atoms with E-state index < -0.39 is 38.1 Å². The summed E-state index contributed by atoms with van der Waals surface area (Å²) < 4.78 is 77.1. The molecular weight excluding hydrogens is 579 g/mol. The molecule has 0 spiro atoms. The number of anilines is 2. The van der Waals surface area contributed by atoms with E-state index in [1.807, 2.05) is 9.62 Å². The molecular formula is C27H24F3N5O4S2. The van der Waals surface area contributed by atoms with Gasteiger partial charge in [-0.1, -0.05) is 17.4 Å². The Labute approximate surface area is 238 Å². The van der Waals surface area contributed by atoms with E-state index in [4.69, 9.17) is 9.72 Å². The third kappa shape index (κ3) is 6.39. The molecule has 0 radical (unpaired) electrons. The molecule has 1 N–H and O–H groups in total. The van der Waals surface area contributed by atoms with Crippen molar-refractivity contribution in [2.24, 2.45) is 0 Å². The van der Waals surface area contributed by atoms with Crippen molar-refractivity contribution in [3.8, 4) is 21.8 Å². The van der Waals surface area contributed by atoms with Gasteiger partial charge in [-0.25, -0.2) is 36.5 Å². The molecule has 0 amide bonds. The second-order valence-electron chi connectivity index (χ2n) is 9.18. The Bertz CT molecular complexity index is 1710. The molecule has 1 fully saturated rings. The number of nitrogens with one attached hydrogen (secondary N) is 1. The van der Waals surface area contributed by atoms with Crippen molar-refractivity contribution in [1.29, 1.82) is 0 Å². The molecule has 3 heterocycles. The van der Waals surface area contributed by atoms with Crippen molar-refractivity contribution in [3.05, 3.63) is 71.9 Å². The van der Waals surface area contributed by atoms with Gasteiger partial charge in [0.25, 0.3) is 10.0 Å². The number of morpholine rings is 1. The fourth-order valence-corrected chi connectivity index (χ4v) is 6.42. The first-order valence-corrected chi connectivity index (χ1v) is 14.8. The molecule has 0 atom stereocenters. The SMILES string of the molecule is CC(=O)CCc1nccc(-c2sc(N3CCOCC3)nc2-c2cccc(NS(=O)(=O)c3cc(F)ccc3F)c2F)n1. The van der Waals surface area contributed by atoms with Crippen LogP contribution >= 0.6 is 11.3 Å². The number of aromatic nitrogens is 3. The monoisotopic (exact) mass is 603 g/mol. The Kier molecular flexibility index (Phi) is 8.33. The Morgan fingerprint density at radius 3 is 2.63 bits per heavy atom. The predicted octanol–water partition coefficient (Wildman–Crippen LogP) is 4.84. The van der Waals surface area contributed by atoms with E-state index >= 15 is 4.39 Å². The number of sulfonamides is 1. The lowest BCUT2D eigenvalue weighted by Crippen LogP contribution is -2.36. The van der Waals surface area contributed by atoms with Crippen molar-refractivity contribution in [1.82, 2.24) is 15.0 Å². The highest BCUT2D eigenvalue weighted by Crippen LogP contribution is 2.42. The smallest absolute Gasteiger partial charge is 0.265 e. The molecule has 9 nitrogen and oxygen atoms in total. The second kappa shape index (κ2) is 11.9. The van der Waals surface area contributed by atoms with Crippen LogP contribution in [0.1, 0.15) is 19.2 Å². The number of thiazole rings is 1. The Morgan fingerprint density at radius 2 is 1.88 bits per heavy atom. The van der Waals surface area contributed by atoms with E-state index in [0.29, 0.717) is 66.4 Å². The number of aryl methyl sites for hydroxylation is 1. The molecule has 14 heteroatoms. The number of benzene rings is 2.